The van der Waals surface area contributed by atoms with Crippen LogP contribution >= 0.6 is 0 Å². The molecule has 0 aliphatic heterocycles. The van der Waals surface area contributed by atoms with Crippen molar-refractivity contribution >= 4 is 11.6 Å². The third kappa shape index (κ3) is 3.95. The van der Waals surface area contributed by atoms with Gasteiger partial charge in [-0.15, -0.1) is 0 Å². The van der Waals surface area contributed by atoms with Crippen LogP contribution in [0.4, 0.5) is 10.1 Å². The van der Waals surface area contributed by atoms with Crippen molar-refractivity contribution in [3.63, 3.8) is 0 Å². The van der Waals surface area contributed by atoms with E-state index in [0.717, 1.165) is 0 Å². The number of carbonyl (C=O) groups is 1. The fraction of sp³-hybridized carbons (Fsp3) is 0.188. The Morgan fingerprint density at radius 3 is 2.68 bits per heavy atom. The van der Waals surface area contributed by atoms with Gasteiger partial charge < -0.3 is 19.9 Å². The normalized spacial score (nSPS) is 10.1. The van der Waals surface area contributed by atoms with Crippen LogP contribution in [0.5, 0.6) is 11.5 Å². The largest absolute Gasteiger partial charge is 0.493 e. The monoisotopic (exact) mass is 305 g/mol. The van der Waals surface area contributed by atoms with E-state index in [1.165, 1.54) is 25.3 Å². The van der Waals surface area contributed by atoms with Crippen LogP contribution in [0.1, 0.15) is 5.56 Å². The second-order valence-electron chi connectivity index (χ2n) is 4.46. The fourth-order valence-corrected chi connectivity index (χ4v) is 1.82. The molecule has 6 heteroatoms. The molecule has 2 N–H and O–H groups in total. The number of aliphatic hydroxyl groups excluding tert-OH is 1. The van der Waals surface area contributed by atoms with E-state index in [1.807, 2.05) is 0 Å². The van der Waals surface area contributed by atoms with E-state index in [1.54, 1.807) is 24.3 Å². The number of amides is 1. The Morgan fingerprint density at radius 1 is 1.23 bits per heavy atom. The van der Waals surface area contributed by atoms with Crippen molar-refractivity contribution in [1.82, 2.24) is 0 Å². The molecule has 1 amide bonds. The topological polar surface area (TPSA) is 67.8 Å². The lowest BCUT2D eigenvalue weighted by Crippen LogP contribution is -2.21. The Kier molecular flexibility index (Phi) is 5.32. The van der Waals surface area contributed by atoms with Crippen LogP contribution in [-0.2, 0) is 11.4 Å². The number of benzene rings is 2. The zero-order valence-electron chi connectivity index (χ0n) is 12.0. The van der Waals surface area contributed by atoms with Gasteiger partial charge in [0, 0.05) is 0 Å². The Labute approximate surface area is 127 Å². The molecule has 0 fully saturated rings. The Morgan fingerprint density at radius 2 is 2.00 bits per heavy atom. The SMILES string of the molecule is COc1cc(CO)ccc1OCC(=O)Nc1ccccc1F. The standard InChI is InChI=1S/C16H16FNO4/c1-21-15-8-11(9-19)6-7-14(15)22-10-16(20)18-13-5-3-2-4-12(13)17/h2-8,19H,9-10H2,1H3,(H,18,20). The van der Waals surface area contributed by atoms with E-state index in [0.29, 0.717) is 17.1 Å². The quantitative estimate of drug-likeness (QED) is 0.859. The number of carbonyl (C=O) groups excluding carboxylic acids is 1. The van der Waals surface area contributed by atoms with Crippen molar-refractivity contribution < 1.29 is 23.8 Å². The molecular formula is C16H16FNO4. The molecule has 22 heavy (non-hydrogen) atoms. The first-order chi connectivity index (χ1) is 10.6. The third-order valence-electron chi connectivity index (χ3n) is 2.92. The van der Waals surface area contributed by atoms with Crippen LogP contribution < -0.4 is 14.8 Å². The summed E-state index contributed by atoms with van der Waals surface area (Å²) < 4.78 is 23.9. The number of rotatable bonds is 6. The van der Waals surface area contributed by atoms with Gasteiger partial charge in [-0.2, -0.15) is 0 Å². The third-order valence-corrected chi connectivity index (χ3v) is 2.92. The highest BCUT2D eigenvalue weighted by Crippen LogP contribution is 2.28. The number of hydrogen-bond donors (Lipinski definition) is 2. The molecule has 0 aliphatic carbocycles. The molecule has 0 saturated carbocycles. The zero-order chi connectivity index (χ0) is 15.9. The molecule has 5 nitrogen and oxygen atoms in total. The predicted octanol–water partition coefficient (Wildman–Crippen LogP) is 2.34. The molecule has 0 radical (unpaired) electrons. The number of aliphatic hydroxyl groups is 1. The summed E-state index contributed by atoms with van der Waals surface area (Å²) in [4.78, 5) is 11.8. The molecule has 2 rings (SSSR count). The molecule has 0 aliphatic rings. The fourth-order valence-electron chi connectivity index (χ4n) is 1.82. The molecule has 2 aromatic rings. The number of anilines is 1. The highest BCUT2D eigenvalue weighted by molar-refractivity contribution is 5.92. The molecule has 0 heterocycles. The van der Waals surface area contributed by atoms with Crippen LogP contribution in [0.2, 0.25) is 0 Å². The van der Waals surface area contributed by atoms with Gasteiger partial charge in [0.25, 0.3) is 5.91 Å². The van der Waals surface area contributed by atoms with E-state index in [4.69, 9.17) is 14.6 Å². The number of halogens is 1. The van der Waals surface area contributed by atoms with E-state index in [9.17, 15) is 9.18 Å². The average molecular weight is 305 g/mol. The van der Waals surface area contributed by atoms with Gasteiger partial charge in [-0.25, -0.2) is 4.39 Å². The van der Waals surface area contributed by atoms with Crippen LogP contribution in [0.25, 0.3) is 0 Å². The Hall–Kier alpha value is -2.60. The lowest BCUT2D eigenvalue weighted by molar-refractivity contribution is -0.118. The van der Waals surface area contributed by atoms with Crippen molar-refractivity contribution in [2.45, 2.75) is 6.61 Å². The predicted molar refractivity (Wildman–Crippen MR) is 79.4 cm³/mol. The average Bonchev–Trinajstić information content (AvgIpc) is 2.55. The van der Waals surface area contributed by atoms with Gasteiger partial charge in [0.05, 0.1) is 19.4 Å². The first-order valence-electron chi connectivity index (χ1n) is 6.59. The molecule has 2 aromatic carbocycles. The second kappa shape index (κ2) is 7.42. The summed E-state index contributed by atoms with van der Waals surface area (Å²) in [6, 6.07) is 10.7. The number of nitrogens with one attached hydrogen (secondary N) is 1. The molecule has 0 spiro atoms. The number of ether oxygens (including phenoxy) is 2. The van der Waals surface area contributed by atoms with Crippen LogP contribution in [-0.4, -0.2) is 24.7 Å². The highest BCUT2D eigenvalue weighted by Gasteiger charge is 2.10. The maximum Gasteiger partial charge on any atom is 0.262 e. The van der Waals surface area contributed by atoms with Gasteiger partial charge in [-0.3, -0.25) is 4.79 Å². The van der Waals surface area contributed by atoms with Crippen molar-refractivity contribution in [2.24, 2.45) is 0 Å². The van der Waals surface area contributed by atoms with Crippen LogP contribution in [0, 0.1) is 5.82 Å². The van der Waals surface area contributed by atoms with E-state index in [2.05, 4.69) is 5.32 Å². The van der Waals surface area contributed by atoms with Gasteiger partial charge in [0.15, 0.2) is 18.1 Å². The van der Waals surface area contributed by atoms with Crippen molar-refractivity contribution in [3.05, 3.63) is 53.8 Å². The van der Waals surface area contributed by atoms with E-state index in [-0.39, 0.29) is 18.9 Å². The van der Waals surface area contributed by atoms with Gasteiger partial charge in [0.1, 0.15) is 5.82 Å². The number of methoxy groups -OCH3 is 1. The first-order valence-corrected chi connectivity index (χ1v) is 6.59. The second-order valence-corrected chi connectivity index (χ2v) is 4.46. The molecule has 0 saturated heterocycles. The van der Waals surface area contributed by atoms with Gasteiger partial charge in [0.2, 0.25) is 0 Å². The molecule has 0 bridgehead atoms. The summed E-state index contributed by atoms with van der Waals surface area (Å²) in [6.07, 6.45) is 0. The maximum atomic E-state index is 13.4. The Balaban J connectivity index is 1.98. The zero-order valence-corrected chi connectivity index (χ0v) is 12.0. The minimum absolute atomic E-state index is 0.0960. The van der Waals surface area contributed by atoms with Gasteiger partial charge in [-0.05, 0) is 29.8 Å². The summed E-state index contributed by atoms with van der Waals surface area (Å²) in [7, 11) is 1.46. The molecule has 0 aromatic heterocycles. The molecule has 0 atom stereocenters. The minimum atomic E-state index is -0.513. The lowest BCUT2D eigenvalue weighted by Gasteiger charge is -2.12. The number of para-hydroxylation sites is 1. The molecule has 0 unspecified atom stereocenters. The van der Waals surface area contributed by atoms with E-state index < -0.39 is 11.7 Å². The smallest absolute Gasteiger partial charge is 0.262 e. The van der Waals surface area contributed by atoms with Gasteiger partial charge >= 0.3 is 0 Å². The minimum Gasteiger partial charge on any atom is -0.493 e. The lowest BCUT2D eigenvalue weighted by atomic mass is 10.2. The van der Waals surface area contributed by atoms with Crippen molar-refractivity contribution in [1.29, 1.82) is 0 Å². The highest BCUT2D eigenvalue weighted by atomic mass is 19.1. The summed E-state index contributed by atoms with van der Waals surface area (Å²) in [6.45, 7) is -0.409. The van der Waals surface area contributed by atoms with E-state index >= 15 is 0 Å². The summed E-state index contributed by atoms with van der Waals surface area (Å²) in [5.74, 6) is -0.229. The van der Waals surface area contributed by atoms with Crippen LogP contribution in [0.3, 0.4) is 0 Å². The molecular weight excluding hydrogens is 289 g/mol. The van der Waals surface area contributed by atoms with Crippen LogP contribution in [0.15, 0.2) is 42.5 Å². The first kappa shape index (κ1) is 15.8. The van der Waals surface area contributed by atoms with Gasteiger partial charge in [-0.1, -0.05) is 18.2 Å². The number of hydrogen-bond acceptors (Lipinski definition) is 4. The maximum absolute atomic E-state index is 13.4. The van der Waals surface area contributed by atoms with Crippen molar-refractivity contribution in [3.8, 4) is 11.5 Å². The van der Waals surface area contributed by atoms with Crippen molar-refractivity contribution in [2.75, 3.05) is 19.0 Å². The summed E-state index contributed by atoms with van der Waals surface area (Å²) >= 11 is 0. The summed E-state index contributed by atoms with van der Waals surface area (Å²) in [5.41, 5.74) is 0.763. The Bertz CT molecular complexity index is 660. The molecule has 116 valence electrons. The summed E-state index contributed by atoms with van der Waals surface area (Å²) in [5, 5.41) is 11.5.